The SMILES string of the molecule is CCC(=O)C(C)(C)c1ccc(N2CCOc3cc(C(=O)N4CCCCC4)cnc32)cc1C. The highest BCUT2D eigenvalue weighted by molar-refractivity contribution is 5.95. The minimum atomic E-state index is -0.512. The summed E-state index contributed by atoms with van der Waals surface area (Å²) in [5.74, 6) is 1.63. The molecule has 6 heteroatoms. The molecule has 1 saturated heterocycles. The predicted octanol–water partition coefficient (Wildman–Crippen LogP) is 4.80. The molecule has 0 spiro atoms. The van der Waals surface area contributed by atoms with Crippen LogP contribution in [0.5, 0.6) is 5.75 Å². The summed E-state index contributed by atoms with van der Waals surface area (Å²) in [6.45, 7) is 10.8. The molecule has 1 aromatic heterocycles. The molecule has 4 rings (SSSR count). The third-order valence-electron chi connectivity index (χ3n) is 6.76. The molecule has 0 bridgehead atoms. The Morgan fingerprint density at radius 1 is 1.09 bits per heavy atom. The molecule has 0 unspecified atom stereocenters. The van der Waals surface area contributed by atoms with Gasteiger partial charge in [-0.15, -0.1) is 0 Å². The van der Waals surface area contributed by atoms with Crippen molar-refractivity contribution in [3.8, 4) is 5.75 Å². The molecule has 170 valence electrons. The van der Waals surface area contributed by atoms with Gasteiger partial charge in [-0.25, -0.2) is 4.98 Å². The number of likely N-dealkylation sites (tertiary alicyclic amines) is 1. The summed E-state index contributed by atoms with van der Waals surface area (Å²) in [7, 11) is 0. The first-order valence-corrected chi connectivity index (χ1v) is 11.7. The van der Waals surface area contributed by atoms with Crippen LogP contribution in [0.4, 0.5) is 11.5 Å². The summed E-state index contributed by atoms with van der Waals surface area (Å²) in [5, 5.41) is 0. The number of hydrogen-bond acceptors (Lipinski definition) is 5. The second kappa shape index (κ2) is 8.93. The predicted molar refractivity (Wildman–Crippen MR) is 126 cm³/mol. The van der Waals surface area contributed by atoms with Gasteiger partial charge in [0.05, 0.1) is 12.1 Å². The molecule has 0 N–H and O–H groups in total. The Morgan fingerprint density at radius 2 is 1.84 bits per heavy atom. The number of aromatic nitrogens is 1. The number of anilines is 2. The number of carbonyl (C=O) groups is 2. The van der Waals surface area contributed by atoms with Crippen LogP contribution in [-0.2, 0) is 10.2 Å². The lowest BCUT2D eigenvalue weighted by Crippen LogP contribution is -2.36. The van der Waals surface area contributed by atoms with E-state index in [-0.39, 0.29) is 11.7 Å². The van der Waals surface area contributed by atoms with Gasteiger partial charge in [0.15, 0.2) is 11.6 Å². The van der Waals surface area contributed by atoms with E-state index in [1.807, 2.05) is 31.7 Å². The molecule has 1 aromatic carbocycles. The van der Waals surface area contributed by atoms with E-state index in [0.29, 0.717) is 30.9 Å². The zero-order chi connectivity index (χ0) is 22.9. The molecule has 1 fully saturated rings. The van der Waals surface area contributed by atoms with Crippen molar-refractivity contribution in [3.05, 3.63) is 47.2 Å². The maximum Gasteiger partial charge on any atom is 0.255 e. The molecule has 0 radical (unpaired) electrons. The first-order chi connectivity index (χ1) is 15.3. The van der Waals surface area contributed by atoms with Gasteiger partial charge in [-0.2, -0.15) is 0 Å². The van der Waals surface area contributed by atoms with Crippen LogP contribution >= 0.6 is 0 Å². The molecular formula is C26H33N3O3. The van der Waals surface area contributed by atoms with Crippen LogP contribution in [0, 0.1) is 6.92 Å². The molecule has 0 aliphatic carbocycles. The molecule has 0 atom stereocenters. The third kappa shape index (κ3) is 4.10. The first-order valence-electron chi connectivity index (χ1n) is 11.7. The number of nitrogens with zero attached hydrogens (tertiary/aromatic N) is 3. The standard InChI is InChI=1S/C26H33N3O3/c1-5-23(30)26(3,4)21-10-9-20(15-18(21)2)29-13-14-32-22-16-19(17-27-24(22)29)25(31)28-11-7-6-8-12-28/h9-10,15-17H,5-8,11-14H2,1-4H3. The van der Waals surface area contributed by atoms with Crippen LogP contribution in [0.2, 0.25) is 0 Å². The van der Waals surface area contributed by atoms with Crippen molar-refractivity contribution in [2.45, 2.75) is 58.8 Å². The second-order valence-electron chi connectivity index (χ2n) is 9.30. The first kappa shape index (κ1) is 22.3. The quantitative estimate of drug-likeness (QED) is 0.675. The summed E-state index contributed by atoms with van der Waals surface area (Å²) >= 11 is 0. The van der Waals surface area contributed by atoms with E-state index >= 15 is 0 Å². The number of piperidine rings is 1. The Hall–Kier alpha value is -2.89. The third-order valence-corrected chi connectivity index (χ3v) is 6.76. The van der Waals surface area contributed by atoms with Crippen molar-refractivity contribution < 1.29 is 14.3 Å². The number of pyridine rings is 1. The summed E-state index contributed by atoms with van der Waals surface area (Å²) in [6.07, 6.45) is 5.50. The van der Waals surface area contributed by atoms with Gasteiger partial charge in [0.2, 0.25) is 0 Å². The number of Topliss-reactive ketones (excluding diaryl/α,β-unsaturated/α-hetero) is 1. The normalized spacial score (nSPS) is 16.4. The van der Waals surface area contributed by atoms with Gasteiger partial charge in [0, 0.05) is 36.8 Å². The summed E-state index contributed by atoms with van der Waals surface area (Å²) in [5.41, 5.74) is 3.22. The van der Waals surface area contributed by atoms with Crippen molar-refractivity contribution in [1.29, 1.82) is 0 Å². The average molecular weight is 436 g/mol. The Morgan fingerprint density at radius 3 is 2.53 bits per heavy atom. The van der Waals surface area contributed by atoms with E-state index < -0.39 is 5.41 Å². The van der Waals surface area contributed by atoms with Crippen molar-refractivity contribution in [2.24, 2.45) is 0 Å². The van der Waals surface area contributed by atoms with Gasteiger partial charge in [-0.05, 0) is 69.4 Å². The van der Waals surface area contributed by atoms with Crippen molar-refractivity contribution in [3.63, 3.8) is 0 Å². The van der Waals surface area contributed by atoms with Gasteiger partial charge in [-0.3, -0.25) is 9.59 Å². The number of benzene rings is 1. The Balaban J connectivity index is 1.61. The highest BCUT2D eigenvalue weighted by atomic mass is 16.5. The fourth-order valence-electron chi connectivity index (χ4n) is 4.86. The molecule has 32 heavy (non-hydrogen) atoms. The molecule has 2 aliphatic rings. The van der Waals surface area contributed by atoms with Crippen LogP contribution in [-0.4, -0.2) is 47.8 Å². The number of carbonyl (C=O) groups excluding carboxylic acids is 2. The fourth-order valence-corrected chi connectivity index (χ4v) is 4.86. The second-order valence-corrected chi connectivity index (χ2v) is 9.30. The van der Waals surface area contributed by atoms with Crippen molar-refractivity contribution in [2.75, 3.05) is 31.1 Å². The minimum absolute atomic E-state index is 0.0312. The van der Waals surface area contributed by atoms with Gasteiger partial charge in [0.1, 0.15) is 12.4 Å². The Kier molecular flexibility index (Phi) is 6.22. The summed E-state index contributed by atoms with van der Waals surface area (Å²) in [4.78, 5) is 34.0. The van der Waals surface area contributed by atoms with E-state index in [1.165, 1.54) is 6.42 Å². The van der Waals surface area contributed by atoms with Crippen molar-refractivity contribution in [1.82, 2.24) is 9.88 Å². The molecule has 2 aromatic rings. The lowest BCUT2D eigenvalue weighted by molar-refractivity contribution is -0.123. The highest BCUT2D eigenvalue weighted by Crippen LogP contribution is 2.38. The number of amides is 1. The van der Waals surface area contributed by atoms with Gasteiger partial charge in [0.25, 0.3) is 5.91 Å². The van der Waals surface area contributed by atoms with Crippen LogP contribution in [0.1, 0.15) is 67.9 Å². The number of ketones is 1. The minimum Gasteiger partial charge on any atom is -0.488 e. The maximum absolute atomic E-state index is 12.9. The van der Waals surface area contributed by atoms with E-state index in [1.54, 1.807) is 6.20 Å². The molecule has 3 heterocycles. The molecule has 6 nitrogen and oxygen atoms in total. The number of rotatable bonds is 5. The molecule has 2 aliphatic heterocycles. The van der Waals surface area contributed by atoms with Crippen LogP contribution < -0.4 is 9.64 Å². The monoisotopic (exact) mass is 435 g/mol. The van der Waals surface area contributed by atoms with E-state index in [9.17, 15) is 9.59 Å². The summed E-state index contributed by atoms with van der Waals surface area (Å²) < 4.78 is 5.89. The van der Waals surface area contributed by atoms with Crippen LogP contribution in [0.3, 0.4) is 0 Å². The van der Waals surface area contributed by atoms with Gasteiger partial charge >= 0.3 is 0 Å². The molecule has 1 amide bonds. The van der Waals surface area contributed by atoms with E-state index in [2.05, 4.69) is 35.0 Å². The zero-order valence-electron chi connectivity index (χ0n) is 19.6. The van der Waals surface area contributed by atoms with Crippen molar-refractivity contribution >= 4 is 23.2 Å². The zero-order valence-corrected chi connectivity index (χ0v) is 19.6. The number of ether oxygens (including phenoxy) is 1. The lowest BCUT2D eigenvalue weighted by Gasteiger charge is -2.32. The number of fused-ring (bicyclic) bond motifs is 1. The topological polar surface area (TPSA) is 62.7 Å². The van der Waals surface area contributed by atoms with E-state index in [4.69, 9.17) is 4.74 Å². The maximum atomic E-state index is 12.9. The number of hydrogen-bond donors (Lipinski definition) is 0. The lowest BCUT2D eigenvalue weighted by atomic mass is 9.77. The van der Waals surface area contributed by atoms with Crippen LogP contribution in [0.25, 0.3) is 0 Å². The summed E-state index contributed by atoms with van der Waals surface area (Å²) in [6, 6.07) is 8.05. The molecular weight excluding hydrogens is 402 g/mol. The van der Waals surface area contributed by atoms with E-state index in [0.717, 1.165) is 48.6 Å². The van der Waals surface area contributed by atoms with Gasteiger partial charge < -0.3 is 14.5 Å². The van der Waals surface area contributed by atoms with Gasteiger partial charge in [-0.1, -0.05) is 13.0 Å². The number of aryl methyl sites for hydroxylation is 1. The largest absolute Gasteiger partial charge is 0.488 e. The average Bonchev–Trinajstić information content (AvgIpc) is 2.82. The fraction of sp³-hybridized carbons (Fsp3) is 0.500. The molecule has 0 saturated carbocycles. The van der Waals surface area contributed by atoms with Crippen LogP contribution in [0.15, 0.2) is 30.5 Å². The highest BCUT2D eigenvalue weighted by Gasteiger charge is 2.30. The Labute approximate surface area is 190 Å². The Bertz CT molecular complexity index is 1020. The smallest absolute Gasteiger partial charge is 0.255 e.